The first kappa shape index (κ1) is 24.0. The summed E-state index contributed by atoms with van der Waals surface area (Å²) in [7, 11) is 0. The highest BCUT2D eigenvalue weighted by Crippen LogP contribution is 2.38. The van der Waals surface area contributed by atoms with Gasteiger partial charge in [0.05, 0.1) is 28.1 Å². The summed E-state index contributed by atoms with van der Waals surface area (Å²) in [4.78, 5) is 21.4. The van der Waals surface area contributed by atoms with Crippen LogP contribution in [0.25, 0.3) is 11.2 Å². The van der Waals surface area contributed by atoms with Crippen LogP contribution in [0, 0.1) is 5.92 Å². The Kier molecular flexibility index (Phi) is 7.25. The standard InChI is InChI=1S/C20H22Cl2N6O4S/c1-2-3-6-23-17-14-18(25-20(24-17)33-9-4-5-11(21)12(22)7-9)28(27-26-14)13-8-10(19(31)32)15(29)16(13)30/h4-5,7,10,13,15-16,29-30H,2-3,6,8H2,1H3,(H,31,32)(H,23,24,25)/t10-,13?,15?,16?/m0/s1. The summed E-state index contributed by atoms with van der Waals surface area (Å²) in [5.41, 5.74) is 0.721. The van der Waals surface area contributed by atoms with E-state index in [2.05, 4.69) is 32.5 Å². The normalized spacial score (nSPS) is 22.7. The molecule has 1 fully saturated rings. The number of unbranched alkanes of at least 4 members (excludes halogenated alkanes) is 1. The molecular formula is C20H22Cl2N6O4S. The molecule has 0 radical (unpaired) electrons. The zero-order valence-corrected chi connectivity index (χ0v) is 19.8. The molecule has 13 heteroatoms. The molecule has 4 rings (SSSR count). The van der Waals surface area contributed by atoms with Crippen LogP contribution >= 0.6 is 35.0 Å². The van der Waals surface area contributed by atoms with Crippen LogP contribution < -0.4 is 5.32 Å². The molecule has 0 spiro atoms. The Morgan fingerprint density at radius 2 is 2.03 bits per heavy atom. The van der Waals surface area contributed by atoms with E-state index in [4.69, 9.17) is 23.2 Å². The second-order valence-electron chi connectivity index (χ2n) is 7.75. The molecule has 1 aromatic carbocycles. The number of aromatic nitrogens is 5. The monoisotopic (exact) mass is 512 g/mol. The quantitative estimate of drug-likeness (QED) is 0.261. The smallest absolute Gasteiger partial charge is 0.309 e. The van der Waals surface area contributed by atoms with Gasteiger partial charge in [-0.15, -0.1) is 5.10 Å². The van der Waals surface area contributed by atoms with Crippen molar-refractivity contribution < 1.29 is 20.1 Å². The topological polar surface area (TPSA) is 146 Å². The SMILES string of the molecule is CCCCNc1nc(Sc2ccc(Cl)c(Cl)c2)nc2c1nnn2C1C[C@H](C(=O)O)C(O)C1O. The minimum absolute atomic E-state index is 0.00596. The van der Waals surface area contributed by atoms with Crippen molar-refractivity contribution in [3.05, 3.63) is 28.2 Å². The average Bonchev–Trinajstić information content (AvgIpc) is 3.32. The van der Waals surface area contributed by atoms with Crippen molar-refractivity contribution in [2.45, 2.75) is 54.5 Å². The van der Waals surface area contributed by atoms with E-state index in [0.717, 1.165) is 17.7 Å². The Morgan fingerprint density at radius 3 is 2.70 bits per heavy atom. The average molecular weight is 513 g/mol. The first-order valence-electron chi connectivity index (χ1n) is 10.4. The molecule has 4 atom stereocenters. The predicted octanol–water partition coefficient (Wildman–Crippen LogP) is 3.26. The van der Waals surface area contributed by atoms with Gasteiger partial charge in [-0.05, 0) is 42.8 Å². The lowest BCUT2D eigenvalue weighted by Crippen LogP contribution is -2.32. The number of hydrogen-bond donors (Lipinski definition) is 4. The largest absolute Gasteiger partial charge is 0.481 e. The highest BCUT2D eigenvalue weighted by Gasteiger charge is 2.47. The molecule has 1 aliphatic rings. The number of carboxylic acids is 1. The number of nitrogens with zero attached hydrogens (tertiary/aromatic N) is 5. The fraction of sp³-hybridized carbons (Fsp3) is 0.450. The van der Waals surface area contributed by atoms with Crippen LogP contribution in [0.15, 0.2) is 28.3 Å². The molecule has 1 saturated carbocycles. The molecule has 0 aliphatic heterocycles. The van der Waals surface area contributed by atoms with E-state index in [0.29, 0.717) is 38.7 Å². The molecule has 1 aliphatic carbocycles. The molecule has 4 N–H and O–H groups in total. The number of aliphatic hydroxyl groups excluding tert-OH is 2. The number of rotatable bonds is 8. The van der Waals surface area contributed by atoms with Gasteiger partial charge in [-0.3, -0.25) is 4.79 Å². The molecule has 2 heterocycles. The maximum atomic E-state index is 11.5. The molecule has 10 nitrogen and oxygen atoms in total. The fourth-order valence-corrected chi connectivity index (χ4v) is 4.88. The minimum Gasteiger partial charge on any atom is -0.481 e. The maximum absolute atomic E-state index is 11.5. The number of anilines is 1. The highest BCUT2D eigenvalue weighted by molar-refractivity contribution is 7.99. The van der Waals surface area contributed by atoms with Gasteiger partial charge < -0.3 is 20.6 Å². The Bertz CT molecular complexity index is 1180. The van der Waals surface area contributed by atoms with Gasteiger partial charge in [-0.2, -0.15) is 0 Å². The van der Waals surface area contributed by atoms with Crippen molar-refractivity contribution in [1.29, 1.82) is 0 Å². The third-order valence-corrected chi connectivity index (χ3v) is 7.10. The van der Waals surface area contributed by atoms with E-state index >= 15 is 0 Å². The summed E-state index contributed by atoms with van der Waals surface area (Å²) in [5, 5.41) is 42.9. The Balaban J connectivity index is 1.74. The number of benzene rings is 1. The maximum Gasteiger partial charge on any atom is 0.309 e. The number of carbonyl (C=O) groups is 1. The molecule has 3 unspecified atom stereocenters. The lowest BCUT2D eigenvalue weighted by atomic mass is 10.1. The van der Waals surface area contributed by atoms with Gasteiger partial charge in [0.2, 0.25) is 0 Å². The fourth-order valence-electron chi connectivity index (χ4n) is 3.73. The van der Waals surface area contributed by atoms with Gasteiger partial charge in [0.25, 0.3) is 0 Å². The first-order valence-corrected chi connectivity index (χ1v) is 12.0. The van der Waals surface area contributed by atoms with Crippen molar-refractivity contribution in [3.63, 3.8) is 0 Å². The summed E-state index contributed by atoms with van der Waals surface area (Å²) < 4.78 is 1.37. The van der Waals surface area contributed by atoms with Crippen molar-refractivity contribution in [2.75, 3.05) is 11.9 Å². The van der Waals surface area contributed by atoms with Crippen molar-refractivity contribution in [3.8, 4) is 0 Å². The van der Waals surface area contributed by atoms with Gasteiger partial charge >= 0.3 is 5.97 Å². The zero-order valence-electron chi connectivity index (χ0n) is 17.5. The highest BCUT2D eigenvalue weighted by atomic mass is 35.5. The van der Waals surface area contributed by atoms with E-state index in [-0.39, 0.29) is 6.42 Å². The molecule has 0 amide bonds. The lowest BCUT2D eigenvalue weighted by Gasteiger charge is -2.16. The summed E-state index contributed by atoms with van der Waals surface area (Å²) >= 11 is 13.4. The number of nitrogens with one attached hydrogen (secondary N) is 1. The third kappa shape index (κ3) is 4.87. The van der Waals surface area contributed by atoms with E-state index < -0.39 is 30.1 Å². The van der Waals surface area contributed by atoms with E-state index in [1.54, 1.807) is 18.2 Å². The van der Waals surface area contributed by atoms with Crippen molar-refractivity contribution >= 4 is 57.9 Å². The van der Waals surface area contributed by atoms with Crippen molar-refractivity contribution in [1.82, 2.24) is 25.0 Å². The van der Waals surface area contributed by atoms with E-state index in [1.165, 1.54) is 16.4 Å². The van der Waals surface area contributed by atoms with Crippen LogP contribution in [0.5, 0.6) is 0 Å². The summed E-state index contributed by atoms with van der Waals surface area (Å²) in [6.07, 6.45) is -0.840. The van der Waals surface area contributed by atoms with Crippen LogP contribution in [-0.2, 0) is 4.79 Å². The van der Waals surface area contributed by atoms with E-state index in [9.17, 15) is 20.1 Å². The van der Waals surface area contributed by atoms with Gasteiger partial charge in [0.15, 0.2) is 22.1 Å². The molecule has 33 heavy (non-hydrogen) atoms. The predicted molar refractivity (Wildman–Crippen MR) is 124 cm³/mol. The third-order valence-electron chi connectivity index (χ3n) is 5.51. The summed E-state index contributed by atoms with van der Waals surface area (Å²) in [5.74, 6) is -1.82. The Labute approximate surface area is 203 Å². The van der Waals surface area contributed by atoms with Gasteiger partial charge in [-0.25, -0.2) is 14.6 Å². The van der Waals surface area contributed by atoms with Crippen LogP contribution in [0.1, 0.15) is 32.2 Å². The molecular weight excluding hydrogens is 491 g/mol. The zero-order chi connectivity index (χ0) is 23.7. The lowest BCUT2D eigenvalue weighted by molar-refractivity contribution is -0.145. The Hall–Kier alpha value is -2.18. The number of carboxylic acid groups (broad SMARTS) is 1. The van der Waals surface area contributed by atoms with Crippen LogP contribution in [0.4, 0.5) is 5.82 Å². The number of aliphatic hydroxyl groups is 2. The van der Waals surface area contributed by atoms with Gasteiger partial charge in [0.1, 0.15) is 6.10 Å². The first-order chi connectivity index (χ1) is 15.8. The molecule has 3 aromatic rings. The van der Waals surface area contributed by atoms with Gasteiger partial charge in [0, 0.05) is 11.4 Å². The Morgan fingerprint density at radius 1 is 1.24 bits per heavy atom. The molecule has 176 valence electrons. The number of hydrogen-bond acceptors (Lipinski definition) is 9. The van der Waals surface area contributed by atoms with Crippen LogP contribution in [-0.4, -0.2) is 65.0 Å². The van der Waals surface area contributed by atoms with Crippen molar-refractivity contribution in [2.24, 2.45) is 5.92 Å². The number of aliphatic carboxylic acids is 1. The number of halogens is 2. The minimum atomic E-state index is -1.42. The molecule has 0 saturated heterocycles. The molecule has 2 aromatic heterocycles. The van der Waals surface area contributed by atoms with E-state index in [1.807, 2.05) is 0 Å². The van der Waals surface area contributed by atoms with Crippen LogP contribution in [0.3, 0.4) is 0 Å². The van der Waals surface area contributed by atoms with Gasteiger partial charge in [-0.1, -0.05) is 41.8 Å². The molecule has 0 bridgehead atoms. The van der Waals surface area contributed by atoms with Crippen LogP contribution in [0.2, 0.25) is 10.0 Å². The number of fused-ring (bicyclic) bond motifs is 1. The second-order valence-corrected chi connectivity index (χ2v) is 9.60. The summed E-state index contributed by atoms with van der Waals surface area (Å²) in [6, 6.07) is 4.38. The summed E-state index contributed by atoms with van der Waals surface area (Å²) in [6.45, 7) is 2.74. The second kappa shape index (κ2) is 9.98.